The number of amidine groups is 1. The molecule has 7 nitrogen and oxygen atoms in total. The molecule has 2 aliphatic heterocycles. The molecule has 3 aromatic heterocycles. The highest BCUT2D eigenvalue weighted by molar-refractivity contribution is 6.33. The minimum Gasteiger partial charge on any atom is -0.350 e. The van der Waals surface area contributed by atoms with Gasteiger partial charge in [-0.2, -0.15) is 13.2 Å². The van der Waals surface area contributed by atoms with Crippen molar-refractivity contribution >= 4 is 34.2 Å². The van der Waals surface area contributed by atoms with Crippen LogP contribution >= 0.6 is 11.6 Å². The minimum absolute atomic E-state index is 0.160. The van der Waals surface area contributed by atoms with Gasteiger partial charge in [-0.05, 0) is 42.5 Å². The number of piperazine rings is 1. The van der Waals surface area contributed by atoms with Crippen LogP contribution in [0.1, 0.15) is 41.6 Å². The molecule has 2 fully saturated rings. The highest BCUT2D eigenvalue weighted by Crippen LogP contribution is 2.47. The highest BCUT2D eigenvalue weighted by Gasteiger charge is 2.45. The quantitative estimate of drug-likeness (QED) is 0.304. The van der Waals surface area contributed by atoms with Gasteiger partial charge in [0.05, 0.1) is 11.9 Å². The lowest BCUT2D eigenvalue weighted by atomic mass is 9.97. The Kier molecular flexibility index (Phi) is 5.87. The van der Waals surface area contributed by atoms with Gasteiger partial charge in [0.1, 0.15) is 23.7 Å². The van der Waals surface area contributed by atoms with Gasteiger partial charge in [-0.3, -0.25) is 9.88 Å². The minimum atomic E-state index is -4.33. The predicted molar refractivity (Wildman–Crippen MR) is 144 cm³/mol. The van der Waals surface area contributed by atoms with E-state index in [0.29, 0.717) is 34.7 Å². The first-order valence-electron chi connectivity index (χ1n) is 13.0. The molecule has 2 unspecified atom stereocenters. The molecule has 0 radical (unpaired) electrons. The number of halogens is 4. The lowest BCUT2D eigenvalue weighted by molar-refractivity contribution is -0.166. The molecule has 1 saturated carbocycles. The Hall–Kier alpha value is -3.47. The van der Waals surface area contributed by atoms with E-state index in [0.717, 1.165) is 46.2 Å². The number of benzene rings is 1. The van der Waals surface area contributed by atoms with Crippen LogP contribution in [0.3, 0.4) is 0 Å². The zero-order valence-electron chi connectivity index (χ0n) is 20.8. The molecule has 5 heterocycles. The molecule has 0 amide bonds. The normalized spacial score (nSPS) is 21.9. The number of nitrogens with one attached hydrogen (secondary N) is 3. The number of nitrogens with zero attached hydrogens (tertiary/aromatic N) is 4. The van der Waals surface area contributed by atoms with Crippen molar-refractivity contribution in [2.75, 3.05) is 19.6 Å². The number of aliphatic imine (C=N–C) groups is 1. The van der Waals surface area contributed by atoms with Crippen LogP contribution < -0.4 is 10.6 Å². The molecule has 3 aliphatic rings. The van der Waals surface area contributed by atoms with Crippen molar-refractivity contribution in [3.8, 4) is 11.3 Å². The Morgan fingerprint density at radius 2 is 1.90 bits per heavy atom. The number of alkyl halides is 3. The van der Waals surface area contributed by atoms with Crippen molar-refractivity contribution in [2.45, 2.75) is 37.1 Å². The molecule has 3 N–H and O–H groups in total. The van der Waals surface area contributed by atoms with E-state index in [1.165, 1.54) is 0 Å². The van der Waals surface area contributed by atoms with Crippen LogP contribution in [0.2, 0.25) is 5.02 Å². The van der Waals surface area contributed by atoms with Crippen molar-refractivity contribution in [2.24, 2.45) is 4.99 Å². The summed E-state index contributed by atoms with van der Waals surface area (Å²) in [4.78, 5) is 19.1. The molecule has 1 aromatic carbocycles. The summed E-state index contributed by atoms with van der Waals surface area (Å²) in [5.41, 5.74) is 5.81. The fraction of sp³-hybridized carbons (Fsp3) is 0.321. The highest BCUT2D eigenvalue weighted by atomic mass is 35.5. The van der Waals surface area contributed by atoms with Crippen LogP contribution in [0.4, 0.5) is 18.9 Å². The summed E-state index contributed by atoms with van der Waals surface area (Å²) in [7, 11) is 0. The van der Waals surface area contributed by atoms with Gasteiger partial charge in [0.2, 0.25) is 0 Å². The molecule has 1 saturated heterocycles. The lowest BCUT2D eigenvalue weighted by Crippen LogP contribution is -2.59. The van der Waals surface area contributed by atoms with E-state index >= 15 is 0 Å². The van der Waals surface area contributed by atoms with Crippen LogP contribution in [-0.4, -0.2) is 57.5 Å². The van der Waals surface area contributed by atoms with E-state index in [-0.39, 0.29) is 13.1 Å². The fourth-order valence-corrected chi connectivity index (χ4v) is 5.87. The largest absolute Gasteiger partial charge is 0.405 e. The number of hydrogen-bond acceptors (Lipinski definition) is 6. The third-order valence-electron chi connectivity index (χ3n) is 7.71. The Balaban J connectivity index is 1.33. The van der Waals surface area contributed by atoms with Crippen molar-refractivity contribution < 1.29 is 13.2 Å². The van der Waals surface area contributed by atoms with Gasteiger partial charge in [0.25, 0.3) is 0 Å². The van der Waals surface area contributed by atoms with Gasteiger partial charge in [-0.25, -0.2) is 9.98 Å². The van der Waals surface area contributed by atoms with Crippen molar-refractivity contribution in [3.63, 3.8) is 0 Å². The van der Waals surface area contributed by atoms with Crippen LogP contribution in [0.15, 0.2) is 60.0 Å². The molecule has 0 spiro atoms. The maximum absolute atomic E-state index is 13.7. The summed E-state index contributed by atoms with van der Waals surface area (Å²) in [5.74, 6) is 0.937. The second-order valence-electron chi connectivity index (χ2n) is 10.3. The zero-order chi connectivity index (χ0) is 26.7. The number of H-pyrrole nitrogens is 1. The first-order chi connectivity index (χ1) is 18.9. The third-order valence-corrected chi connectivity index (χ3v) is 8.04. The SMILES string of the molecule is FC(F)(F)C1CN(C2NC(c3ccnc4[nH]c(-c5ccccc5Cl)cc34)=Nc3cncc(C4CC4)c32)CCN1. The molecule has 0 bridgehead atoms. The van der Waals surface area contributed by atoms with Gasteiger partial charge >= 0.3 is 6.18 Å². The van der Waals surface area contributed by atoms with Crippen molar-refractivity contribution in [1.82, 2.24) is 30.5 Å². The van der Waals surface area contributed by atoms with Crippen LogP contribution in [-0.2, 0) is 0 Å². The van der Waals surface area contributed by atoms with E-state index in [2.05, 4.69) is 25.6 Å². The maximum atomic E-state index is 13.7. The molecular formula is C28H25ClF3N7. The predicted octanol–water partition coefficient (Wildman–Crippen LogP) is 5.67. The summed E-state index contributed by atoms with van der Waals surface area (Å²) in [6, 6.07) is 9.81. The molecule has 2 atom stereocenters. The Morgan fingerprint density at radius 1 is 1.05 bits per heavy atom. The average Bonchev–Trinajstić information content (AvgIpc) is 3.69. The Morgan fingerprint density at radius 3 is 2.69 bits per heavy atom. The molecule has 1 aliphatic carbocycles. The van der Waals surface area contributed by atoms with Gasteiger partial charge in [0, 0.05) is 64.8 Å². The lowest BCUT2D eigenvalue weighted by Gasteiger charge is -2.42. The van der Waals surface area contributed by atoms with E-state index in [1.54, 1.807) is 12.4 Å². The number of aromatic amines is 1. The van der Waals surface area contributed by atoms with Crippen LogP contribution in [0.5, 0.6) is 0 Å². The van der Waals surface area contributed by atoms with E-state index < -0.39 is 18.4 Å². The molecule has 4 aromatic rings. The molecule has 11 heteroatoms. The number of rotatable bonds is 4. The van der Waals surface area contributed by atoms with Crippen molar-refractivity contribution in [3.05, 3.63) is 76.7 Å². The Bertz CT molecular complexity index is 1590. The second kappa shape index (κ2) is 9.32. The first kappa shape index (κ1) is 24.6. The van der Waals surface area contributed by atoms with E-state index in [4.69, 9.17) is 16.6 Å². The summed E-state index contributed by atoms with van der Waals surface area (Å²) in [6.07, 6.45) is 2.55. The summed E-state index contributed by atoms with van der Waals surface area (Å²) >= 11 is 6.45. The topological polar surface area (TPSA) is 81.2 Å². The summed E-state index contributed by atoms with van der Waals surface area (Å²) in [5, 5.41) is 7.61. The molecule has 39 heavy (non-hydrogen) atoms. The monoisotopic (exact) mass is 551 g/mol. The smallest absolute Gasteiger partial charge is 0.350 e. The van der Waals surface area contributed by atoms with Gasteiger partial charge in [0.15, 0.2) is 0 Å². The molecular weight excluding hydrogens is 527 g/mol. The number of pyridine rings is 2. The standard InChI is InChI=1S/C28H25ClF3N7/c29-20-4-2-1-3-17(20)21-11-18-16(7-8-35-25(18)36-21)26-37-22-13-33-12-19(15-5-6-15)24(22)27(38-26)39-10-9-34-23(14-39)28(30,31)32/h1-4,7-8,11-13,15,23,27,34H,5-6,9-10,14H2,(H,35,36)(H,37,38). The van der Waals surface area contributed by atoms with Crippen LogP contribution in [0, 0.1) is 0 Å². The number of aromatic nitrogens is 3. The fourth-order valence-electron chi connectivity index (χ4n) is 5.63. The molecule has 200 valence electrons. The summed E-state index contributed by atoms with van der Waals surface area (Å²) in [6.45, 7) is 0.551. The van der Waals surface area contributed by atoms with Crippen LogP contribution in [0.25, 0.3) is 22.3 Å². The van der Waals surface area contributed by atoms with Gasteiger partial charge < -0.3 is 15.6 Å². The Labute approximate surface area is 227 Å². The number of hydrogen-bond donors (Lipinski definition) is 3. The zero-order valence-corrected chi connectivity index (χ0v) is 21.5. The van der Waals surface area contributed by atoms with E-state index in [1.807, 2.05) is 47.5 Å². The summed E-state index contributed by atoms with van der Waals surface area (Å²) < 4.78 is 41.2. The van der Waals surface area contributed by atoms with E-state index in [9.17, 15) is 13.2 Å². The first-order valence-corrected chi connectivity index (χ1v) is 13.3. The number of fused-ring (bicyclic) bond motifs is 2. The average molecular weight is 552 g/mol. The third kappa shape index (κ3) is 4.46. The molecule has 7 rings (SSSR count). The second-order valence-corrected chi connectivity index (χ2v) is 10.7. The van der Waals surface area contributed by atoms with Crippen molar-refractivity contribution in [1.29, 1.82) is 0 Å². The van der Waals surface area contributed by atoms with Gasteiger partial charge in [-0.1, -0.05) is 29.8 Å². The maximum Gasteiger partial charge on any atom is 0.405 e. The van der Waals surface area contributed by atoms with Gasteiger partial charge in [-0.15, -0.1) is 0 Å².